The first kappa shape index (κ1) is 18.9. The molecule has 2 heterocycles. The van der Waals surface area contributed by atoms with E-state index in [1.54, 1.807) is 19.4 Å². The number of methoxy groups -OCH3 is 1. The lowest BCUT2D eigenvalue weighted by atomic mass is 9.95. The summed E-state index contributed by atoms with van der Waals surface area (Å²) in [5.74, 6) is 0.702. The summed E-state index contributed by atoms with van der Waals surface area (Å²) in [6, 6.07) is 9.00. The number of nitrogens with one attached hydrogen (secondary N) is 1. The lowest BCUT2D eigenvalue weighted by Gasteiger charge is -2.32. The minimum atomic E-state index is -0.0766. The number of amides is 1. The first-order chi connectivity index (χ1) is 13.1. The highest BCUT2D eigenvalue weighted by Gasteiger charge is 2.25. The number of ether oxygens (including phenoxy) is 1. The number of carbonyl (C=O) groups excluding carboxylic acids is 1. The van der Waals surface area contributed by atoms with Gasteiger partial charge in [-0.1, -0.05) is 13.0 Å². The van der Waals surface area contributed by atoms with E-state index in [1.807, 2.05) is 31.2 Å². The number of benzene rings is 1. The van der Waals surface area contributed by atoms with Crippen LogP contribution in [-0.4, -0.2) is 35.9 Å². The average molecular weight is 370 g/mol. The Morgan fingerprint density at radius 2 is 2.07 bits per heavy atom. The zero-order valence-electron chi connectivity index (χ0n) is 15.9. The summed E-state index contributed by atoms with van der Waals surface area (Å²) in [6.45, 7) is 4.11. The summed E-state index contributed by atoms with van der Waals surface area (Å²) >= 11 is 0. The lowest BCUT2D eigenvalue weighted by molar-refractivity contribution is -0.120. The third kappa shape index (κ3) is 4.67. The van der Waals surface area contributed by atoms with Crippen molar-refractivity contribution in [2.24, 2.45) is 5.92 Å². The van der Waals surface area contributed by atoms with Gasteiger partial charge in [0.15, 0.2) is 0 Å². The third-order valence-electron chi connectivity index (χ3n) is 4.86. The number of nitrogens with zero attached hydrogens (tertiary/aromatic N) is 3. The van der Waals surface area contributed by atoms with Gasteiger partial charge in [0.1, 0.15) is 5.75 Å². The molecular formula is C20H26N4O3. The van der Waals surface area contributed by atoms with Crippen LogP contribution in [0.2, 0.25) is 0 Å². The predicted molar refractivity (Wildman–Crippen MR) is 105 cm³/mol. The number of hydrogen-bond donors (Lipinski definition) is 1. The van der Waals surface area contributed by atoms with Crippen LogP contribution in [0.5, 0.6) is 5.75 Å². The van der Waals surface area contributed by atoms with Crippen LogP contribution in [0.15, 0.2) is 41.3 Å². The van der Waals surface area contributed by atoms with Crippen LogP contribution in [-0.2, 0) is 11.3 Å². The normalized spacial score (nSPS) is 14.8. The molecule has 1 aliphatic rings. The van der Waals surface area contributed by atoms with E-state index in [9.17, 15) is 9.59 Å². The number of rotatable bonds is 6. The zero-order valence-corrected chi connectivity index (χ0v) is 15.9. The summed E-state index contributed by atoms with van der Waals surface area (Å²) in [5.41, 5.74) is 1.50. The van der Waals surface area contributed by atoms with Gasteiger partial charge >= 0.3 is 0 Å². The number of carbonyl (C=O) groups is 1. The second-order valence-corrected chi connectivity index (χ2v) is 6.76. The first-order valence-electron chi connectivity index (χ1n) is 9.37. The van der Waals surface area contributed by atoms with Crippen LogP contribution < -0.4 is 20.5 Å². The molecule has 0 aliphatic carbocycles. The fourth-order valence-electron chi connectivity index (χ4n) is 3.32. The highest BCUT2D eigenvalue weighted by molar-refractivity contribution is 5.92. The molecule has 0 atom stereocenters. The van der Waals surface area contributed by atoms with Gasteiger partial charge in [0, 0.05) is 43.4 Å². The molecule has 0 radical (unpaired) electrons. The van der Waals surface area contributed by atoms with Crippen molar-refractivity contribution in [1.29, 1.82) is 0 Å². The maximum atomic E-state index is 12.5. The van der Waals surface area contributed by atoms with E-state index in [0.29, 0.717) is 12.3 Å². The van der Waals surface area contributed by atoms with Gasteiger partial charge in [0.25, 0.3) is 5.56 Å². The van der Waals surface area contributed by atoms with E-state index >= 15 is 0 Å². The molecule has 7 heteroatoms. The number of aryl methyl sites for hydroxylation is 1. The summed E-state index contributed by atoms with van der Waals surface area (Å²) in [5, 5.41) is 7.21. The summed E-state index contributed by atoms with van der Waals surface area (Å²) in [7, 11) is 1.60. The van der Waals surface area contributed by atoms with Gasteiger partial charge < -0.3 is 15.0 Å². The second kappa shape index (κ2) is 8.70. The molecule has 0 saturated carbocycles. The molecule has 0 unspecified atom stereocenters. The Bertz CT molecular complexity index is 841. The van der Waals surface area contributed by atoms with Gasteiger partial charge in [-0.15, -0.1) is 0 Å². The Morgan fingerprint density at radius 1 is 1.30 bits per heavy atom. The summed E-state index contributed by atoms with van der Waals surface area (Å²) < 4.78 is 6.67. The lowest BCUT2D eigenvalue weighted by Crippen LogP contribution is -2.39. The van der Waals surface area contributed by atoms with Gasteiger partial charge in [-0.25, -0.2) is 4.68 Å². The molecule has 7 nitrogen and oxygen atoms in total. The van der Waals surface area contributed by atoms with Crippen molar-refractivity contribution in [1.82, 2.24) is 9.78 Å². The van der Waals surface area contributed by atoms with E-state index in [1.165, 1.54) is 4.68 Å². The van der Waals surface area contributed by atoms with Crippen LogP contribution in [0.1, 0.15) is 26.2 Å². The second-order valence-electron chi connectivity index (χ2n) is 6.76. The van der Waals surface area contributed by atoms with Crippen molar-refractivity contribution in [2.45, 2.75) is 32.7 Å². The van der Waals surface area contributed by atoms with E-state index < -0.39 is 0 Å². The fraction of sp³-hybridized carbons (Fsp3) is 0.450. The minimum absolute atomic E-state index is 0.0272. The Balaban J connectivity index is 1.57. The molecule has 1 N–H and O–H groups in total. The van der Waals surface area contributed by atoms with E-state index in [-0.39, 0.29) is 17.4 Å². The van der Waals surface area contributed by atoms with Crippen LogP contribution in [0.25, 0.3) is 0 Å². The monoisotopic (exact) mass is 370 g/mol. The number of piperidine rings is 1. The Labute approximate surface area is 158 Å². The molecular weight excluding hydrogens is 344 g/mol. The summed E-state index contributed by atoms with van der Waals surface area (Å²) in [6.07, 6.45) is 4.11. The largest absolute Gasteiger partial charge is 0.497 e. The molecule has 144 valence electrons. The van der Waals surface area contributed by atoms with Gasteiger partial charge in [-0.05, 0) is 31.4 Å². The standard InChI is InChI=1S/C20H26N4O3/c1-3-9-24-19(25)13-17(14-21-24)23-10-7-15(8-11-23)20(26)22-16-5-4-6-18(12-16)27-2/h4-6,12-15H,3,7-11H2,1-2H3,(H,22,26). The molecule has 1 aromatic heterocycles. The molecule has 1 saturated heterocycles. The quantitative estimate of drug-likeness (QED) is 0.846. The average Bonchev–Trinajstić information content (AvgIpc) is 2.70. The van der Waals surface area contributed by atoms with Crippen molar-refractivity contribution in [3.63, 3.8) is 0 Å². The zero-order chi connectivity index (χ0) is 19.2. The Kier molecular flexibility index (Phi) is 6.11. The first-order valence-corrected chi connectivity index (χ1v) is 9.37. The number of anilines is 2. The molecule has 1 amide bonds. The van der Waals surface area contributed by atoms with Crippen LogP contribution in [0.4, 0.5) is 11.4 Å². The van der Waals surface area contributed by atoms with Crippen molar-refractivity contribution >= 4 is 17.3 Å². The molecule has 1 aliphatic heterocycles. The molecule has 1 aromatic carbocycles. The number of aromatic nitrogens is 2. The third-order valence-corrected chi connectivity index (χ3v) is 4.86. The molecule has 27 heavy (non-hydrogen) atoms. The smallest absolute Gasteiger partial charge is 0.268 e. The van der Waals surface area contributed by atoms with E-state index in [4.69, 9.17) is 4.74 Å². The van der Waals surface area contributed by atoms with Crippen molar-refractivity contribution < 1.29 is 9.53 Å². The van der Waals surface area contributed by atoms with Gasteiger partial charge in [-0.3, -0.25) is 9.59 Å². The summed E-state index contributed by atoms with van der Waals surface area (Å²) in [4.78, 5) is 26.8. The predicted octanol–water partition coefficient (Wildman–Crippen LogP) is 2.52. The highest BCUT2D eigenvalue weighted by atomic mass is 16.5. The van der Waals surface area contributed by atoms with E-state index in [2.05, 4.69) is 15.3 Å². The van der Waals surface area contributed by atoms with E-state index in [0.717, 1.165) is 43.7 Å². The SMILES string of the molecule is CCCn1ncc(N2CCC(C(=O)Nc3cccc(OC)c3)CC2)cc1=O. The molecule has 2 aromatic rings. The van der Waals surface area contributed by atoms with Gasteiger partial charge in [-0.2, -0.15) is 5.10 Å². The molecule has 0 spiro atoms. The van der Waals surface area contributed by atoms with Crippen molar-refractivity contribution in [3.8, 4) is 5.75 Å². The molecule has 1 fully saturated rings. The maximum Gasteiger partial charge on any atom is 0.268 e. The van der Waals surface area contributed by atoms with Crippen LogP contribution in [0.3, 0.4) is 0 Å². The fourth-order valence-corrected chi connectivity index (χ4v) is 3.32. The van der Waals surface area contributed by atoms with Crippen molar-refractivity contribution in [3.05, 3.63) is 46.9 Å². The maximum absolute atomic E-state index is 12.5. The Morgan fingerprint density at radius 3 is 2.74 bits per heavy atom. The minimum Gasteiger partial charge on any atom is -0.497 e. The van der Waals surface area contributed by atoms with Crippen LogP contribution >= 0.6 is 0 Å². The van der Waals surface area contributed by atoms with Crippen molar-refractivity contribution in [2.75, 3.05) is 30.4 Å². The number of hydrogen-bond acceptors (Lipinski definition) is 5. The van der Waals surface area contributed by atoms with Gasteiger partial charge in [0.05, 0.1) is 19.0 Å². The highest BCUT2D eigenvalue weighted by Crippen LogP contribution is 2.24. The van der Waals surface area contributed by atoms with Gasteiger partial charge in [0.2, 0.25) is 5.91 Å². The molecule has 0 bridgehead atoms. The Hall–Kier alpha value is -2.83. The van der Waals surface area contributed by atoms with Crippen LogP contribution in [0, 0.1) is 5.92 Å². The topological polar surface area (TPSA) is 76.5 Å². The molecule has 3 rings (SSSR count).